The van der Waals surface area contributed by atoms with Gasteiger partial charge in [-0.3, -0.25) is 5.32 Å². The number of amides is 2. The molecule has 0 spiro atoms. The smallest absolute Gasteiger partial charge is 0.334 e. The van der Waals surface area contributed by atoms with Crippen LogP contribution in [0.15, 0.2) is 39.8 Å². The summed E-state index contributed by atoms with van der Waals surface area (Å²) in [5.41, 5.74) is 0. The van der Waals surface area contributed by atoms with E-state index in [1.165, 1.54) is 30.3 Å². The number of benzene rings is 1. The third-order valence-electron chi connectivity index (χ3n) is 2.22. The second-order valence-electron chi connectivity index (χ2n) is 3.84. The Morgan fingerprint density at radius 3 is 2.50 bits per heavy atom. The maximum Gasteiger partial charge on any atom is 0.334 e. The molecule has 7 nitrogen and oxygen atoms in total. The van der Waals surface area contributed by atoms with E-state index in [9.17, 15) is 13.2 Å². The average molecular weight is 316 g/mol. The van der Waals surface area contributed by atoms with Crippen LogP contribution in [0.4, 0.5) is 10.6 Å². The van der Waals surface area contributed by atoms with Crippen molar-refractivity contribution < 1.29 is 17.7 Å². The summed E-state index contributed by atoms with van der Waals surface area (Å²) in [6, 6.07) is 5.92. The van der Waals surface area contributed by atoms with Crippen LogP contribution in [0.5, 0.6) is 0 Å². The van der Waals surface area contributed by atoms with Crippen LogP contribution >= 0.6 is 11.6 Å². The van der Waals surface area contributed by atoms with Crippen molar-refractivity contribution in [2.45, 2.75) is 11.8 Å². The van der Waals surface area contributed by atoms with Crippen LogP contribution in [0, 0.1) is 6.92 Å². The van der Waals surface area contributed by atoms with Gasteiger partial charge in [-0.1, -0.05) is 16.8 Å². The van der Waals surface area contributed by atoms with E-state index in [-0.39, 0.29) is 10.7 Å². The summed E-state index contributed by atoms with van der Waals surface area (Å²) in [5, 5.41) is 6.15. The molecule has 0 radical (unpaired) electrons. The molecule has 20 heavy (non-hydrogen) atoms. The van der Waals surface area contributed by atoms with Gasteiger partial charge in [0.25, 0.3) is 10.0 Å². The van der Waals surface area contributed by atoms with E-state index in [2.05, 4.69) is 10.5 Å². The summed E-state index contributed by atoms with van der Waals surface area (Å²) in [5.74, 6) is 0.604. The van der Waals surface area contributed by atoms with Crippen molar-refractivity contribution in [1.82, 2.24) is 9.88 Å². The average Bonchev–Trinajstić information content (AvgIpc) is 2.74. The van der Waals surface area contributed by atoms with E-state index in [4.69, 9.17) is 16.1 Å². The van der Waals surface area contributed by atoms with E-state index in [0.717, 1.165) is 0 Å². The Morgan fingerprint density at radius 2 is 1.95 bits per heavy atom. The molecule has 2 aromatic rings. The summed E-state index contributed by atoms with van der Waals surface area (Å²) in [7, 11) is -3.97. The molecule has 2 N–H and O–H groups in total. The van der Waals surface area contributed by atoms with Crippen LogP contribution in [0.3, 0.4) is 0 Å². The van der Waals surface area contributed by atoms with Gasteiger partial charge in [-0.15, -0.1) is 0 Å². The van der Waals surface area contributed by atoms with Gasteiger partial charge >= 0.3 is 6.03 Å². The minimum Gasteiger partial charge on any atom is -0.360 e. The maximum absolute atomic E-state index is 11.9. The number of anilines is 1. The molecule has 0 saturated heterocycles. The van der Waals surface area contributed by atoms with E-state index in [1.807, 2.05) is 4.72 Å². The molecule has 1 aromatic carbocycles. The van der Waals surface area contributed by atoms with Crippen molar-refractivity contribution in [2.75, 3.05) is 5.32 Å². The van der Waals surface area contributed by atoms with Crippen LogP contribution < -0.4 is 10.0 Å². The summed E-state index contributed by atoms with van der Waals surface area (Å²) >= 11 is 5.66. The summed E-state index contributed by atoms with van der Waals surface area (Å²) in [6.07, 6.45) is 0. The molecule has 0 unspecified atom stereocenters. The highest BCUT2D eigenvalue weighted by Gasteiger charge is 2.18. The third-order valence-corrected chi connectivity index (χ3v) is 3.82. The molecule has 0 aliphatic rings. The highest BCUT2D eigenvalue weighted by atomic mass is 35.5. The zero-order valence-corrected chi connectivity index (χ0v) is 11.8. The molecule has 0 fully saturated rings. The molecule has 0 bridgehead atoms. The van der Waals surface area contributed by atoms with Crippen LogP contribution in [-0.4, -0.2) is 19.6 Å². The normalized spacial score (nSPS) is 11.1. The predicted octanol–water partition coefficient (Wildman–Crippen LogP) is 2.15. The van der Waals surface area contributed by atoms with Gasteiger partial charge in [0.05, 0.1) is 4.90 Å². The number of carbonyl (C=O) groups excluding carboxylic acids is 1. The van der Waals surface area contributed by atoms with Gasteiger partial charge < -0.3 is 4.52 Å². The van der Waals surface area contributed by atoms with Crippen molar-refractivity contribution in [3.8, 4) is 0 Å². The Bertz CT molecular complexity index is 724. The molecular formula is C11H10ClN3O4S. The fourth-order valence-corrected chi connectivity index (χ4v) is 2.40. The predicted molar refractivity (Wildman–Crippen MR) is 72.0 cm³/mol. The maximum atomic E-state index is 11.9. The van der Waals surface area contributed by atoms with Gasteiger partial charge in [0.15, 0.2) is 5.82 Å². The lowest BCUT2D eigenvalue weighted by atomic mass is 10.4. The Hall–Kier alpha value is -2.06. The number of hydrogen-bond donors (Lipinski definition) is 2. The van der Waals surface area contributed by atoms with Gasteiger partial charge in [0.1, 0.15) is 5.76 Å². The second kappa shape index (κ2) is 5.51. The first-order valence-electron chi connectivity index (χ1n) is 5.39. The first-order valence-corrected chi connectivity index (χ1v) is 7.25. The number of nitrogens with zero attached hydrogens (tertiary/aromatic N) is 1. The molecule has 2 rings (SSSR count). The highest BCUT2D eigenvalue weighted by molar-refractivity contribution is 7.90. The lowest BCUT2D eigenvalue weighted by Gasteiger charge is -2.06. The quantitative estimate of drug-likeness (QED) is 0.903. The van der Waals surface area contributed by atoms with Gasteiger partial charge in [0, 0.05) is 11.1 Å². The Labute approximate surface area is 120 Å². The molecule has 1 aromatic heterocycles. The minimum absolute atomic E-state index is 0.0756. The van der Waals surface area contributed by atoms with Crippen LogP contribution in [0.2, 0.25) is 5.02 Å². The topological polar surface area (TPSA) is 101 Å². The number of halogens is 1. The molecule has 0 saturated carbocycles. The van der Waals surface area contributed by atoms with E-state index < -0.39 is 16.1 Å². The van der Waals surface area contributed by atoms with E-state index >= 15 is 0 Å². The third kappa shape index (κ3) is 3.49. The first-order chi connectivity index (χ1) is 9.37. The fraction of sp³-hybridized carbons (Fsp3) is 0.0909. The molecular weight excluding hydrogens is 306 g/mol. The van der Waals surface area contributed by atoms with Crippen molar-refractivity contribution in [3.05, 3.63) is 41.1 Å². The second-order valence-corrected chi connectivity index (χ2v) is 5.96. The van der Waals surface area contributed by atoms with E-state index in [0.29, 0.717) is 10.8 Å². The van der Waals surface area contributed by atoms with Gasteiger partial charge in [-0.25, -0.2) is 17.9 Å². The van der Waals surface area contributed by atoms with Crippen molar-refractivity contribution in [3.63, 3.8) is 0 Å². The van der Waals surface area contributed by atoms with E-state index in [1.54, 1.807) is 6.92 Å². The summed E-state index contributed by atoms with van der Waals surface area (Å²) in [6.45, 7) is 1.64. The molecule has 0 aliphatic heterocycles. The molecule has 0 atom stereocenters. The van der Waals surface area contributed by atoms with Crippen molar-refractivity contribution in [2.24, 2.45) is 0 Å². The number of nitrogens with one attached hydrogen (secondary N) is 2. The Balaban J connectivity index is 2.08. The Morgan fingerprint density at radius 1 is 1.30 bits per heavy atom. The van der Waals surface area contributed by atoms with Crippen LogP contribution in [-0.2, 0) is 10.0 Å². The van der Waals surface area contributed by atoms with Crippen LogP contribution in [0.1, 0.15) is 5.76 Å². The molecule has 9 heteroatoms. The lowest BCUT2D eigenvalue weighted by Crippen LogP contribution is -2.34. The number of sulfonamides is 1. The number of urea groups is 1. The number of carbonyl (C=O) groups is 1. The number of hydrogen-bond acceptors (Lipinski definition) is 5. The zero-order chi connectivity index (χ0) is 14.8. The number of rotatable bonds is 3. The minimum atomic E-state index is -3.97. The van der Waals surface area contributed by atoms with Crippen LogP contribution in [0.25, 0.3) is 0 Å². The molecule has 0 aliphatic carbocycles. The standard InChI is InChI=1S/C11H10ClN3O4S/c1-7-6-10(14-19-7)13-11(16)15-20(17,18)9-4-2-8(12)3-5-9/h2-6H,1H3,(H2,13,14,15,16). The molecule has 2 amide bonds. The zero-order valence-electron chi connectivity index (χ0n) is 10.3. The molecule has 1 heterocycles. The Kier molecular flexibility index (Phi) is 3.96. The number of aryl methyl sites for hydroxylation is 1. The van der Waals surface area contributed by atoms with Crippen molar-refractivity contribution in [1.29, 1.82) is 0 Å². The lowest BCUT2D eigenvalue weighted by molar-refractivity contribution is 0.256. The highest BCUT2D eigenvalue weighted by Crippen LogP contribution is 2.14. The number of aromatic nitrogens is 1. The largest absolute Gasteiger partial charge is 0.360 e. The summed E-state index contributed by atoms with van der Waals surface area (Å²) < 4.78 is 30.4. The van der Waals surface area contributed by atoms with Gasteiger partial charge in [-0.2, -0.15) is 0 Å². The first kappa shape index (κ1) is 14.4. The van der Waals surface area contributed by atoms with Gasteiger partial charge in [-0.05, 0) is 31.2 Å². The monoisotopic (exact) mass is 315 g/mol. The molecule has 106 valence electrons. The SMILES string of the molecule is Cc1cc(NC(=O)NS(=O)(=O)c2ccc(Cl)cc2)no1. The van der Waals surface area contributed by atoms with Crippen molar-refractivity contribution >= 4 is 33.5 Å². The van der Waals surface area contributed by atoms with Gasteiger partial charge in [0.2, 0.25) is 0 Å². The summed E-state index contributed by atoms with van der Waals surface area (Å²) in [4.78, 5) is 11.5. The fourth-order valence-electron chi connectivity index (χ4n) is 1.36.